The summed E-state index contributed by atoms with van der Waals surface area (Å²) in [7, 11) is 1.93. The largest absolute Gasteiger partial charge is 0.309 e. The summed E-state index contributed by atoms with van der Waals surface area (Å²) in [5.74, 6) is 0. The molecule has 1 N–H and O–H groups in total. The summed E-state index contributed by atoms with van der Waals surface area (Å²) < 4.78 is 0. The predicted octanol–water partition coefficient (Wildman–Crippen LogP) is 4.31. The van der Waals surface area contributed by atoms with Gasteiger partial charge in [0.1, 0.15) is 0 Å². The third-order valence-electron chi connectivity index (χ3n) is 3.00. The van der Waals surface area contributed by atoms with Gasteiger partial charge in [0.25, 0.3) is 0 Å². The molecule has 0 fully saturated rings. The number of pyridine rings is 1. The Morgan fingerprint density at radius 2 is 1.58 bits per heavy atom. The molecule has 1 unspecified atom stereocenters. The van der Waals surface area contributed by atoms with Crippen LogP contribution in [0.4, 0.5) is 0 Å². The summed E-state index contributed by atoms with van der Waals surface area (Å²) in [5.41, 5.74) is 4.28. The van der Waals surface area contributed by atoms with Gasteiger partial charge in [-0.1, -0.05) is 29.3 Å². The lowest BCUT2D eigenvalue weighted by Gasteiger charge is -2.18. The second-order valence-electron chi connectivity index (χ2n) is 4.58. The fraction of sp³-hybridized carbons (Fsp3) is 0.267. The Kier molecular flexibility index (Phi) is 4.46. The molecule has 2 nitrogen and oxygen atoms in total. The van der Waals surface area contributed by atoms with Gasteiger partial charge in [-0.3, -0.25) is 4.98 Å². The molecule has 0 radical (unpaired) electrons. The summed E-state index contributed by atoms with van der Waals surface area (Å²) in [6.45, 7) is 4.00. The SMILES string of the molecule is CNC(c1cc(C)nc(C)c1)c1ccc(Cl)c(Cl)c1. The predicted molar refractivity (Wildman–Crippen MR) is 81.1 cm³/mol. The van der Waals surface area contributed by atoms with Gasteiger partial charge in [-0.15, -0.1) is 0 Å². The molecule has 0 aliphatic carbocycles. The summed E-state index contributed by atoms with van der Waals surface area (Å²) in [5, 5.41) is 4.45. The Hall–Kier alpha value is -1.09. The standard InChI is InChI=1S/C15H16Cl2N2/c1-9-6-12(7-10(2)19-9)15(18-3)11-4-5-13(16)14(17)8-11/h4-8,15,18H,1-3H3. The third kappa shape index (κ3) is 3.27. The molecule has 2 aromatic rings. The molecule has 1 aromatic carbocycles. The van der Waals surface area contributed by atoms with Crippen molar-refractivity contribution in [1.29, 1.82) is 0 Å². The number of benzene rings is 1. The van der Waals surface area contributed by atoms with Gasteiger partial charge in [-0.2, -0.15) is 0 Å². The minimum atomic E-state index is 0.0789. The van der Waals surface area contributed by atoms with Gasteiger partial charge in [0, 0.05) is 11.4 Å². The van der Waals surface area contributed by atoms with E-state index in [-0.39, 0.29) is 6.04 Å². The Balaban J connectivity index is 2.46. The first-order valence-corrected chi connectivity index (χ1v) is 6.84. The lowest BCUT2D eigenvalue weighted by atomic mass is 9.98. The zero-order valence-corrected chi connectivity index (χ0v) is 12.7. The van der Waals surface area contributed by atoms with Gasteiger partial charge in [-0.25, -0.2) is 0 Å². The van der Waals surface area contributed by atoms with E-state index in [0.717, 1.165) is 17.0 Å². The Labute approximate surface area is 123 Å². The fourth-order valence-corrected chi connectivity index (χ4v) is 2.56. The summed E-state index contributed by atoms with van der Waals surface area (Å²) in [4.78, 5) is 4.40. The van der Waals surface area contributed by atoms with E-state index in [0.29, 0.717) is 10.0 Å². The normalized spacial score (nSPS) is 12.5. The minimum Gasteiger partial charge on any atom is -0.309 e. The number of halogens is 2. The maximum absolute atomic E-state index is 6.09. The van der Waals surface area contributed by atoms with Crippen LogP contribution in [0.3, 0.4) is 0 Å². The molecular weight excluding hydrogens is 279 g/mol. The van der Waals surface area contributed by atoms with Gasteiger partial charge in [-0.05, 0) is 56.3 Å². The second-order valence-corrected chi connectivity index (χ2v) is 5.39. The van der Waals surface area contributed by atoms with E-state index in [4.69, 9.17) is 23.2 Å². The van der Waals surface area contributed by atoms with Crippen molar-refractivity contribution in [3.63, 3.8) is 0 Å². The first kappa shape index (κ1) is 14.3. The van der Waals surface area contributed by atoms with Crippen LogP contribution in [-0.4, -0.2) is 12.0 Å². The molecule has 4 heteroatoms. The van der Waals surface area contributed by atoms with Gasteiger partial charge in [0.05, 0.1) is 16.1 Å². The van der Waals surface area contributed by atoms with E-state index < -0.39 is 0 Å². The number of aryl methyl sites for hydroxylation is 2. The van der Waals surface area contributed by atoms with Crippen molar-refractivity contribution in [3.8, 4) is 0 Å². The van der Waals surface area contributed by atoms with E-state index in [9.17, 15) is 0 Å². The summed E-state index contributed by atoms with van der Waals surface area (Å²) >= 11 is 12.1. The van der Waals surface area contributed by atoms with Crippen molar-refractivity contribution >= 4 is 23.2 Å². The number of hydrogen-bond acceptors (Lipinski definition) is 2. The highest BCUT2D eigenvalue weighted by molar-refractivity contribution is 6.42. The maximum Gasteiger partial charge on any atom is 0.0595 e. The summed E-state index contributed by atoms with van der Waals surface area (Å²) in [6, 6.07) is 9.95. The Morgan fingerprint density at radius 1 is 0.947 bits per heavy atom. The van der Waals surface area contributed by atoms with Gasteiger partial charge < -0.3 is 5.32 Å². The van der Waals surface area contributed by atoms with Crippen molar-refractivity contribution in [1.82, 2.24) is 10.3 Å². The first-order valence-electron chi connectivity index (χ1n) is 6.08. The van der Waals surface area contributed by atoms with Crippen molar-refractivity contribution in [2.24, 2.45) is 0 Å². The topological polar surface area (TPSA) is 24.9 Å². The van der Waals surface area contributed by atoms with E-state index in [1.165, 1.54) is 5.56 Å². The molecule has 2 rings (SSSR count). The first-order chi connectivity index (χ1) is 9.01. The zero-order chi connectivity index (χ0) is 14.0. The van der Waals surface area contributed by atoms with Crippen molar-refractivity contribution in [2.45, 2.75) is 19.9 Å². The monoisotopic (exact) mass is 294 g/mol. The zero-order valence-electron chi connectivity index (χ0n) is 11.2. The van der Waals surface area contributed by atoms with Crippen LogP contribution in [-0.2, 0) is 0 Å². The highest BCUT2D eigenvalue weighted by Gasteiger charge is 2.14. The lowest BCUT2D eigenvalue weighted by molar-refractivity contribution is 0.688. The lowest BCUT2D eigenvalue weighted by Crippen LogP contribution is -2.18. The molecule has 1 aromatic heterocycles. The number of nitrogens with zero attached hydrogens (tertiary/aromatic N) is 1. The van der Waals surface area contributed by atoms with E-state index in [1.54, 1.807) is 0 Å². The molecule has 19 heavy (non-hydrogen) atoms. The van der Waals surface area contributed by atoms with Crippen LogP contribution in [0.2, 0.25) is 10.0 Å². The van der Waals surface area contributed by atoms with Crippen LogP contribution in [0.1, 0.15) is 28.6 Å². The van der Waals surface area contributed by atoms with Crippen LogP contribution >= 0.6 is 23.2 Å². The molecule has 0 saturated heterocycles. The molecular formula is C15H16Cl2N2. The molecule has 0 saturated carbocycles. The number of rotatable bonds is 3. The van der Waals surface area contributed by atoms with E-state index in [1.807, 2.05) is 39.1 Å². The van der Waals surface area contributed by atoms with Crippen LogP contribution in [0.15, 0.2) is 30.3 Å². The molecule has 0 aliphatic heterocycles. The highest BCUT2D eigenvalue weighted by Crippen LogP contribution is 2.29. The second kappa shape index (κ2) is 5.91. The quantitative estimate of drug-likeness (QED) is 0.912. The number of nitrogens with one attached hydrogen (secondary N) is 1. The molecule has 1 atom stereocenters. The molecule has 0 amide bonds. The summed E-state index contributed by atoms with van der Waals surface area (Å²) in [6.07, 6.45) is 0. The Bertz CT molecular complexity index is 576. The Morgan fingerprint density at radius 3 is 2.11 bits per heavy atom. The van der Waals surface area contributed by atoms with Gasteiger partial charge in [0.15, 0.2) is 0 Å². The minimum absolute atomic E-state index is 0.0789. The average Bonchev–Trinajstić information content (AvgIpc) is 2.33. The van der Waals surface area contributed by atoms with Crippen LogP contribution in [0.5, 0.6) is 0 Å². The molecule has 1 heterocycles. The molecule has 100 valence electrons. The number of aromatic nitrogens is 1. The van der Waals surface area contributed by atoms with Crippen LogP contribution in [0, 0.1) is 13.8 Å². The van der Waals surface area contributed by atoms with Gasteiger partial charge in [0.2, 0.25) is 0 Å². The van der Waals surface area contributed by atoms with Crippen molar-refractivity contribution in [2.75, 3.05) is 7.05 Å². The maximum atomic E-state index is 6.09. The molecule has 0 spiro atoms. The van der Waals surface area contributed by atoms with Crippen molar-refractivity contribution < 1.29 is 0 Å². The van der Waals surface area contributed by atoms with Crippen LogP contribution in [0.25, 0.3) is 0 Å². The fourth-order valence-electron chi connectivity index (χ4n) is 2.25. The molecule has 0 bridgehead atoms. The average molecular weight is 295 g/mol. The van der Waals surface area contributed by atoms with E-state index >= 15 is 0 Å². The van der Waals surface area contributed by atoms with Crippen molar-refractivity contribution in [3.05, 3.63) is 62.9 Å². The number of hydrogen-bond donors (Lipinski definition) is 1. The van der Waals surface area contributed by atoms with E-state index in [2.05, 4.69) is 22.4 Å². The van der Waals surface area contributed by atoms with Crippen LogP contribution < -0.4 is 5.32 Å². The molecule has 0 aliphatic rings. The highest BCUT2D eigenvalue weighted by atomic mass is 35.5. The smallest absolute Gasteiger partial charge is 0.0595 e. The van der Waals surface area contributed by atoms with Gasteiger partial charge >= 0.3 is 0 Å². The third-order valence-corrected chi connectivity index (χ3v) is 3.74.